The highest BCUT2D eigenvalue weighted by Gasteiger charge is 2.23. The molecule has 3 aromatic rings. The number of nitrogens with one attached hydrogen (secondary N) is 1. The lowest BCUT2D eigenvalue weighted by atomic mass is 9.87. The van der Waals surface area contributed by atoms with Gasteiger partial charge >= 0.3 is 0 Å². The maximum absolute atomic E-state index is 10.8. The van der Waals surface area contributed by atoms with Crippen LogP contribution in [0.4, 0.5) is 11.8 Å². The molecule has 0 aliphatic carbocycles. The Morgan fingerprint density at radius 2 is 1.90 bits per heavy atom. The molecule has 0 radical (unpaired) electrons. The first-order valence-corrected chi connectivity index (χ1v) is 9.89. The van der Waals surface area contributed by atoms with Gasteiger partial charge in [0, 0.05) is 42.0 Å². The van der Waals surface area contributed by atoms with Gasteiger partial charge in [0.2, 0.25) is 5.95 Å². The van der Waals surface area contributed by atoms with E-state index < -0.39 is 6.23 Å². The predicted octanol–water partition coefficient (Wildman–Crippen LogP) is 3.29. The SMILES string of the molecule is CCC(C)(C)c1cc(NC(O)c2ccc(C)c(C#Cc3cnc(N)nc3)c2)n(C)n1. The number of aryl methyl sites for hydroxylation is 2. The van der Waals surface area contributed by atoms with Crippen LogP contribution < -0.4 is 11.1 Å². The lowest BCUT2D eigenvalue weighted by Crippen LogP contribution is -2.16. The van der Waals surface area contributed by atoms with Crippen molar-refractivity contribution in [3.05, 3.63) is 64.6 Å². The minimum absolute atomic E-state index is 0.0267. The van der Waals surface area contributed by atoms with Crippen LogP contribution in [0.25, 0.3) is 0 Å². The number of hydrogen-bond acceptors (Lipinski definition) is 6. The molecule has 1 unspecified atom stereocenters. The van der Waals surface area contributed by atoms with Crippen LogP contribution in [-0.4, -0.2) is 24.9 Å². The molecule has 0 fully saturated rings. The monoisotopic (exact) mass is 404 g/mol. The zero-order valence-electron chi connectivity index (χ0n) is 18.1. The third-order valence-electron chi connectivity index (χ3n) is 5.33. The second-order valence-corrected chi connectivity index (χ2v) is 7.98. The van der Waals surface area contributed by atoms with Crippen molar-refractivity contribution in [3.63, 3.8) is 0 Å². The van der Waals surface area contributed by atoms with E-state index in [1.165, 1.54) is 0 Å². The van der Waals surface area contributed by atoms with Gasteiger partial charge in [0.05, 0.1) is 11.3 Å². The highest BCUT2D eigenvalue weighted by molar-refractivity contribution is 5.49. The minimum atomic E-state index is -0.890. The van der Waals surface area contributed by atoms with Crippen molar-refractivity contribution in [2.75, 3.05) is 11.1 Å². The Morgan fingerprint density at radius 3 is 2.57 bits per heavy atom. The molecule has 0 spiro atoms. The summed E-state index contributed by atoms with van der Waals surface area (Å²) in [6, 6.07) is 7.70. The van der Waals surface area contributed by atoms with Gasteiger partial charge in [-0.1, -0.05) is 44.7 Å². The van der Waals surface area contributed by atoms with E-state index in [9.17, 15) is 5.11 Å². The lowest BCUT2D eigenvalue weighted by Gasteiger charge is -2.19. The summed E-state index contributed by atoms with van der Waals surface area (Å²) >= 11 is 0. The first-order valence-electron chi connectivity index (χ1n) is 9.89. The normalized spacial score (nSPS) is 12.2. The number of hydrogen-bond donors (Lipinski definition) is 3. The summed E-state index contributed by atoms with van der Waals surface area (Å²) in [7, 11) is 1.87. The van der Waals surface area contributed by atoms with E-state index in [1.54, 1.807) is 17.1 Å². The predicted molar refractivity (Wildman–Crippen MR) is 119 cm³/mol. The van der Waals surface area contributed by atoms with E-state index in [4.69, 9.17) is 5.73 Å². The first kappa shape index (κ1) is 21.3. The zero-order chi connectivity index (χ0) is 21.9. The van der Waals surface area contributed by atoms with Crippen molar-refractivity contribution in [1.82, 2.24) is 19.7 Å². The number of nitrogen functional groups attached to an aromatic ring is 1. The molecule has 2 aromatic heterocycles. The average Bonchev–Trinajstić information content (AvgIpc) is 3.09. The summed E-state index contributed by atoms with van der Waals surface area (Å²) in [6.07, 6.45) is 3.26. The summed E-state index contributed by atoms with van der Waals surface area (Å²) in [4.78, 5) is 7.89. The number of benzene rings is 1. The van der Waals surface area contributed by atoms with Crippen LogP contribution in [0.15, 0.2) is 36.7 Å². The van der Waals surface area contributed by atoms with E-state index in [0.717, 1.165) is 34.6 Å². The molecule has 0 saturated heterocycles. The van der Waals surface area contributed by atoms with Gasteiger partial charge in [0.1, 0.15) is 5.82 Å². The van der Waals surface area contributed by atoms with Crippen molar-refractivity contribution < 1.29 is 5.11 Å². The molecule has 7 nitrogen and oxygen atoms in total. The summed E-state index contributed by atoms with van der Waals surface area (Å²) in [5.74, 6) is 7.13. The van der Waals surface area contributed by atoms with Gasteiger partial charge in [-0.15, -0.1) is 0 Å². The fourth-order valence-electron chi connectivity index (χ4n) is 2.82. The smallest absolute Gasteiger partial charge is 0.219 e. The van der Waals surface area contributed by atoms with E-state index in [-0.39, 0.29) is 11.4 Å². The van der Waals surface area contributed by atoms with Crippen LogP contribution in [-0.2, 0) is 12.5 Å². The van der Waals surface area contributed by atoms with Gasteiger partial charge in [-0.05, 0) is 25.0 Å². The Labute approximate surface area is 177 Å². The van der Waals surface area contributed by atoms with E-state index in [2.05, 4.69) is 53.0 Å². The maximum Gasteiger partial charge on any atom is 0.219 e. The van der Waals surface area contributed by atoms with Crippen molar-refractivity contribution in [2.45, 2.75) is 45.8 Å². The van der Waals surface area contributed by atoms with Gasteiger partial charge in [0.25, 0.3) is 0 Å². The van der Waals surface area contributed by atoms with Gasteiger partial charge in [0.15, 0.2) is 6.23 Å². The molecule has 3 rings (SSSR count). The van der Waals surface area contributed by atoms with Crippen molar-refractivity contribution in [1.29, 1.82) is 0 Å². The number of anilines is 2. The average molecular weight is 405 g/mol. The summed E-state index contributed by atoms with van der Waals surface area (Å²) in [5, 5.41) is 18.5. The molecule has 0 amide bonds. The number of rotatable bonds is 5. The Morgan fingerprint density at radius 1 is 1.20 bits per heavy atom. The van der Waals surface area contributed by atoms with E-state index in [1.807, 2.05) is 38.2 Å². The van der Waals surface area contributed by atoms with E-state index >= 15 is 0 Å². The van der Waals surface area contributed by atoms with Crippen molar-refractivity contribution in [2.24, 2.45) is 7.05 Å². The summed E-state index contributed by atoms with van der Waals surface area (Å²) in [6.45, 7) is 8.44. The topological polar surface area (TPSA) is 102 Å². The fraction of sp³-hybridized carbons (Fsp3) is 0.348. The molecule has 4 N–H and O–H groups in total. The van der Waals surface area contributed by atoms with Crippen molar-refractivity contribution >= 4 is 11.8 Å². The summed E-state index contributed by atoms with van der Waals surface area (Å²) in [5.41, 5.74) is 9.70. The van der Waals surface area contributed by atoms with Gasteiger partial charge in [-0.25, -0.2) is 9.97 Å². The quantitative estimate of drug-likeness (QED) is 0.445. The van der Waals surface area contributed by atoms with Gasteiger partial charge in [-0.3, -0.25) is 4.68 Å². The van der Waals surface area contributed by atoms with Crippen LogP contribution in [0.5, 0.6) is 0 Å². The molecule has 30 heavy (non-hydrogen) atoms. The molecule has 7 heteroatoms. The Kier molecular flexibility index (Phi) is 6.09. The number of aliphatic hydroxyl groups is 1. The molecule has 0 aliphatic heterocycles. The summed E-state index contributed by atoms with van der Waals surface area (Å²) < 4.78 is 1.76. The van der Waals surface area contributed by atoms with Crippen LogP contribution >= 0.6 is 0 Å². The Balaban J connectivity index is 1.82. The standard InChI is InChI=1S/C23H28N6O/c1-6-23(3,4)19-12-20(29(5)28-19)27-21(30)18-9-7-15(2)17(11-18)10-8-16-13-25-22(24)26-14-16/h7,9,11-14,21,27,30H,6H2,1-5H3,(H2,24,25,26). The van der Waals surface area contributed by atoms with Crippen molar-refractivity contribution in [3.8, 4) is 11.8 Å². The number of aromatic nitrogens is 4. The largest absolute Gasteiger partial charge is 0.369 e. The second kappa shape index (κ2) is 8.56. The molecule has 1 atom stereocenters. The molecule has 0 bridgehead atoms. The van der Waals surface area contributed by atoms with Crippen LogP contribution in [0.3, 0.4) is 0 Å². The van der Waals surface area contributed by atoms with E-state index in [0.29, 0.717) is 5.56 Å². The Hall–Kier alpha value is -3.37. The number of nitrogens with two attached hydrogens (primary N) is 1. The lowest BCUT2D eigenvalue weighted by molar-refractivity contribution is 0.207. The number of aliphatic hydroxyl groups excluding tert-OH is 1. The Bertz CT molecular complexity index is 1090. The minimum Gasteiger partial charge on any atom is -0.369 e. The first-order chi connectivity index (χ1) is 14.2. The molecule has 0 aliphatic rings. The fourth-order valence-corrected chi connectivity index (χ4v) is 2.82. The molecule has 1 aromatic carbocycles. The van der Waals surface area contributed by atoms with Crippen LogP contribution in [0.2, 0.25) is 0 Å². The zero-order valence-corrected chi connectivity index (χ0v) is 18.1. The maximum atomic E-state index is 10.8. The van der Waals surface area contributed by atoms with Crippen LogP contribution in [0, 0.1) is 18.8 Å². The molecular weight excluding hydrogens is 376 g/mol. The van der Waals surface area contributed by atoms with Crippen LogP contribution in [0.1, 0.15) is 61.4 Å². The highest BCUT2D eigenvalue weighted by Crippen LogP contribution is 2.28. The third kappa shape index (κ3) is 4.78. The van der Waals surface area contributed by atoms with Gasteiger partial charge in [-0.2, -0.15) is 5.10 Å². The molecule has 156 valence electrons. The molecular formula is C23H28N6O. The highest BCUT2D eigenvalue weighted by atomic mass is 16.3. The molecule has 0 saturated carbocycles. The van der Waals surface area contributed by atoms with Gasteiger partial charge < -0.3 is 16.2 Å². The number of nitrogens with zero attached hydrogens (tertiary/aromatic N) is 4. The third-order valence-corrected chi connectivity index (χ3v) is 5.33. The second-order valence-electron chi connectivity index (χ2n) is 7.98. The molecule has 2 heterocycles.